The van der Waals surface area contributed by atoms with E-state index in [1.807, 2.05) is 12.1 Å². The van der Waals surface area contributed by atoms with Crippen LogP contribution in [-0.2, 0) is 0 Å². The second kappa shape index (κ2) is 5.55. The molecular weight excluding hydrogens is 272 g/mol. The third-order valence-corrected chi connectivity index (χ3v) is 4.92. The van der Waals surface area contributed by atoms with Gasteiger partial charge in [-0.25, -0.2) is 0 Å². The number of hydrogen-bond acceptors (Lipinski definition) is 3. The van der Waals surface area contributed by atoms with Crippen LogP contribution in [0.2, 0.25) is 5.02 Å². The van der Waals surface area contributed by atoms with Crippen LogP contribution in [0.3, 0.4) is 0 Å². The first-order chi connectivity index (χ1) is 9.67. The minimum atomic E-state index is -0.0336. The number of benzene rings is 1. The lowest BCUT2D eigenvalue weighted by Crippen LogP contribution is -2.46. The van der Waals surface area contributed by atoms with E-state index in [2.05, 4.69) is 30.1 Å². The van der Waals surface area contributed by atoms with Gasteiger partial charge in [-0.3, -0.25) is 4.90 Å². The van der Waals surface area contributed by atoms with Crippen molar-refractivity contribution in [2.24, 2.45) is 0 Å². The largest absolute Gasteiger partial charge is 0.485 e. The molecule has 0 radical (unpaired) electrons. The van der Waals surface area contributed by atoms with E-state index in [0.29, 0.717) is 6.04 Å². The van der Waals surface area contributed by atoms with Gasteiger partial charge < -0.3 is 10.1 Å². The van der Waals surface area contributed by atoms with Crippen molar-refractivity contribution in [2.45, 2.75) is 38.3 Å². The Balaban J connectivity index is 2.01. The molecule has 3 rings (SSSR count). The molecule has 1 saturated heterocycles. The van der Waals surface area contributed by atoms with E-state index in [4.69, 9.17) is 16.3 Å². The van der Waals surface area contributed by atoms with Gasteiger partial charge in [0.2, 0.25) is 0 Å². The van der Waals surface area contributed by atoms with Crippen molar-refractivity contribution in [1.29, 1.82) is 0 Å². The molecule has 1 spiro atoms. The van der Waals surface area contributed by atoms with Crippen molar-refractivity contribution in [3.05, 3.63) is 28.8 Å². The highest BCUT2D eigenvalue weighted by molar-refractivity contribution is 6.30. The topological polar surface area (TPSA) is 24.5 Å². The molecule has 1 aromatic rings. The van der Waals surface area contributed by atoms with Crippen molar-refractivity contribution in [2.75, 3.05) is 26.2 Å². The molecule has 0 amide bonds. The molecule has 1 N–H and O–H groups in total. The van der Waals surface area contributed by atoms with Crippen LogP contribution in [0.5, 0.6) is 5.75 Å². The lowest BCUT2D eigenvalue weighted by molar-refractivity contribution is 0.0194. The Kier molecular flexibility index (Phi) is 3.93. The number of rotatable bonds is 3. The van der Waals surface area contributed by atoms with Crippen LogP contribution in [0, 0.1) is 0 Å². The summed E-state index contributed by atoms with van der Waals surface area (Å²) in [7, 11) is 0. The number of nitrogens with one attached hydrogen (secondary N) is 1. The van der Waals surface area contributed by atoms with E-state index in [1.165, 1.54) is 5.56 Å². The maximum Gasteiger partial charge on any atom is 0.125 e. The van der Waals surface area contributed by atoms with Gasteiger partial charge in [0.25, 0.3) is 0 Å². The van der Waals surface area contributed by atoms with Crippen molar-refractivity contribution >= 4 is 11.6 Å². The highest BCUT2D eigenvalue weighted by Crippen LogP contribution is 2.45. The lowest BCUT2D eigenvalue weighted by atomic mass is 9.85. The van der Waals surface area contributed by atoms with E-state index >= 15 is 0 Å². The Bertz CT molecular complexity index is 481. The van der Waals surface area contributed by atoms with E-state index in [-0.39, 0.29) is 5.60 Å². The average Bonchev–Trinajstić information content (AvgIpc) is 2.89. The summed E-state index contributed by atoms with van der Waals surface area (Å²) in [5, 5.41) is 4.25. The minimum Gasteiger partial charge on any atom is -0.485 e. The Morgan fingerprint density at radius 3 is 2.85 bits per heavy atom. The van der Waals surface area contributed by atoms with Crippen molar-refractivity contribution < 1.29 is 4.74 Å². The molecule has 2 aliphatic heterocycles. The smallest absolute Gasteiger partial charge is 0.125 e. The Morgan fingerprint density at radius 2 is 2.20 bits per heavy atom. The molecule has 4 heteroatoms. The standard InChI is InChI=1S/C16H23ClN2O/c1-3-19(4-2)14-10-16(7-8-18-11-16)20-15-6-5-12(17)9-13(14)15/h5-6,9,14,18H,3-4,7-8,10-11H2,1-2H3. The second-order valence-corrected chi connectivity index (χ2v) is 6.27. The molecule has 0 saturated carbocycles. The van der Waals surface area contributed by atoms with Gasteiger partial charge in [-0.2, -0.15) is 0 Å². The second-order valence-electron chi connectivity index (χ2n) is 5.84. The number of fused-ring (bicyclic) bond motifs is 1. The van der Waals surface area contributed by atoms with Crippen LogP contribution in [0.1, 0.15) is 38.3 Å². The number of hydrogen-bond donors (Lipinski definition) is 1. The van der Waals surface area contributed by atoms with Crippen molar-refractivity contribution in [1.82, 2.24) is 10.2 Å². The molecule has 110 valence electrons. The normalized spacial score (nSPS) is 28.7. The van der Waals surface area contributed by atoms with Gasteiger partial charge in [-0.15, -0.1) is 0 Å². The van der Waals surface area contributed by atoms with E-state index in [9.17, 15) is 0 Å². The number of nitrogens with zero attached hydrogens (tertiary/aromatic N) is 1. The summed E-state index contributed by atoms with van der Waals surface area (Å²) in [6, 6.07) is 6.45. The van der Waals surface area contributed by atoms with Gasteiger partial charge in [0.1, 0.15) is 11.4 Å². The fourth-order valence-corrected chi connectivity index (χ4v) is 3.76. The quantitative estimate of drug-likeness (QED) is 0.926. The predicted octanol–water partition coefficient (Wildman–Crippen LogP) is 3.24. The predicted molar refractivity (Wildman–Crippen MR) is 82.6 cm³/mol. The van der Waals surface area contributed by atoms with Gasteiger partial charge in [-0.1, -0.05) is 25.4 Å². The summed E-state index contributed by atoms with van der Waals surface area (Å²) in [5.74, 6) is 1.02. The highest BCUT2D eigenvalue weighted by atomic mass is 35.5. The summed E-state index contributed by atoms with van der Waals surface area (Å²) in [4.78, 5) is 2.51. The van der Waals surface area contributed by atoms with Crippen LogP contribution < -0.4 is 10.1 Å². The summed E-state index contributed by atoms with van der Waals surface area (Å²) in [6.07, 6.45) is 2.14. The van der Waals surface area contributed by atoms with Crippen molar-refractivity contribution in [3.63, 3.8) is 0 Å². The minimum absolute atomic E-state index is 0.0336. The van der Waals surface area contributed by atoms with E-state index < -0.39 is 0 Å². The van der Waals surface area contributed by atoms with Gasteiger partial charge >= 0.3 is 0 Å². The zero-order valence-electron chi connectivity index (χ0n) is 12.3. The van der Waals surface area contributed by atoms with Crippen LogP contribution >= 0.6 is 11.6 Å². The zero-order valence-corrected chi connectivity index (χ0v) is 13.0. The third kappa shape index (κ3) is 2.43. The molecule has 1 aromatic carbocycles. The van der Waals surface area contributed by atoms with Crippen LogP contribution in [0.15, 0.2) is 18.2 Å². The molecule has 2 heterocycles. The average molecular weight is 295 g/mol. The van der Waals surface area contributed by atoms with E-state index in [1.54, 1.807) is 0 Å². The molecule has 0 aromatic heterocycles. The van der Waals surface area contributed by atoms with E-state index in [0.717, 1.165) is 49.8 Å². The summed E-state index contributed by atoms with van der Waals surface area (Å²) in [5.41, 5.74) is 1.22. The Morgan fingerprint density at radius 1 is 1.40 bits per heavy atom. The van der Waals surface area contributed by atoms with Gasteiger partial charge in [0.05, 0.1) is 0 Å². The van der Waals surface area contributed by atoms with Crippen molar-refractivity contribution in [3.8, 4) is 5.75 Å². The Labute approximate surface area is 126 Å². The Hall–Kier alpha value is -0.770. The number of ether oxygens (including phenoxy) is 1. The first-order valence-corrected chi connectivity index (χ1v) is 7.98. The summed E-state index contributed by atoms with van der Waals surface area (Å²) < 4.78 is 6.36. The fraction of sp³-hybridized carbons (Fsp3) is 0.625. The molecule has 0 bridgehead atoms. The first-order valence-electron chi connectivity index (χ1n) is 7.60. The van der Waals surface area contributed by atoms with Crippen LogP contribution in [0.25, 0.3) is 0 Å². The molecule has 1 fully saturated rings. The molecule has 2 atom stereocenters. The maximum absolute atomic E-state index is 6.36. The van der Waals surface area contributed by atoms with Crippen LogP contribution in [-0.4, -0.2) is 36.7 Å². The molecule has 20 heavy (non-hydrogen) atoms. The SMILES string of the molecule is CCN(CC)C1CC2(CCNC2)Oc2ccc(Cl)cc21. The van der Waals surface area contributed by atoms with Crippen LogP contribution in [0.4, 0.5) is 0 Å². The maximum atomic E-state index is 6.36. The molecular formula is C16H23ClN2O. The monoisotopic (exact) mass is 294 g/mol. The third-order valence-electron chi connectivity index (χ3n) is 4.68. The summed E-state index contributed by atoms with van der Waals surface area (Å²) >= 11 is 6.20. The fourth-order valence-electron chi connectivity index (χ4n) is 3.58. The van der Waals surface area contributed by atoms with Gasteiger partial charge in [0.15, 0.2) is 0 Å². The van der Waals surface area contributed by atoms with Gasteiger partial charge in [-0.05, 0) is 37.8 Å². The molecule has 0 aliphatic carbocycles. The zero-order chi connectivity index (χ0) is 14.2. The first kappa shape index (κ1) is 14.2. The van der Waals surface area contributed by atoms with Gasteiger partial charge in [0, 0.05) is 36.0 Å². The summed E-state index contributed by atoms with van der Waals surface area (Å²) in [6.45, 7) is 8.56. The molecule has 3 nitrogen and oxygen atoms in total. The highest BCUT2D eigenvalue weighted by Gasteiger charge is 2.44. The molecule has 2 aliphatic rings. The lowest BCUT2D eigenvalue weighted by Gasteiger charge is -2.43. The number of halogens is 1. The molecule has 2 unspecified atom stereocenters.